The highest BCUT2D eigenvalue weighted by atomic mass is 32.2. The van der Waals surface area contributed by atoms with E-state index in [0.29, 0.717) is 6.54 Å². The average Bonchev–Trinajstić information content (AvgIpc) is 2.78. The van der Waals surface area contributed by atoms with Crippen molar-refractivity contribution in [1.29, 1.82) is 0 Å². The van der Waals surface area contributed by atoms with Gasteiger partial charge in [-0.05, 0) is 42.3 Å². The van der Waals surface area contributed by atoms with E-state index >= 15 is 0 Å². The summed E-state index contributed by atoms with van der Waals surface area (Å²) >= 11 is 0. The summed E-state index contributed by atoms with van der Waals surface area (Å²) < 4.78 is 32.9. The van der Waals surface area contributed by atoms with Crippen LogP contribution in [0, 0.1) is 6.92 Å². The van der Waals surface area contributed by atoms with E-state index in [1.54, 1.807) is 31.4 Å². The number of nitrogens with one attached hydrogen (secondary N) is 1. The number of rotatable bonds is 9. The summed E-state index contributed by atoms with van der Waals surface area (Å²) in [5.74, 6) is 0.357. The molecule has 0 saturated carbocycles. The molecule has 0 spiro atoms. The molecule has 3 rings (SSSR count). The summed E-state index contributed by atoms with van der Waals surface area (Å²) in [6.07, 6.45) is 0. The Morgan fingerprint density at radius 3 is 2.16 bits per heavy atom. The number of amides is 1. The number of sulfonamides is 1. The number of benzene rings is 3. The molecule has 0 heterocycles. The minimum Gasteiger partial charge on any atom is -0.497 e. The molecule has 0 unspecified atom stereocenters. The smallest absolute Gasteiger partial charge is 0.243 e. The lowest BCUT2D eigenvalue weighted by atomic mass is 10.2. The Balaban J connectivity index is 1.75. The van der Waals surface area contributed by atoms with E-state index in [0.717, 1.165) is 22.4 Å². The molecule has 0 saturated heterocycles. The van der Waals surface area contributed by atoms with Crippen LogP contribution in [0.3, 0.4) is 0 Å². The minimum absolute atomic E-state index is 0.104. The van der Waals surface area contributed by atoms with Gasteiger partial charge in [0.05, 0.1) is 18.6 Å². The molecule has 0 aliphatic heterocycles. The first-order valence-electron chi connectivity index (χ1n) is 9.89. The first kappa shape index (κ1) is 22.5. The van der Waals surface area contributed by atoms with Crippen molar-refractivity contribution in [3.63, 3.8) is 0 Å². The Kier molecular flexibility index (Phi) is 7.44. The van der Waals surface area contributed by atoms with Crippen LogP contribution in [0.4, 0.5) is 0 Å². The molecule has 0 atom stereocenters. The molecule has 0 aliphatic carbocycles. The third kappa shape index (κ3) is 6.16. The monoisotopic (exact) mass is 438 g/mol. The standard InChI is InChI=1S/C24H26N2O4S/c1-19-8-14-23(15-9-19)31(28,29)26(17-21-6-4-3-5-7-21)18-24(27)25-16-20-10-12-22(30-2)13-11-20/h3-15H,16-18H2,1-2H3,(H,25,27). The Hall–Kier alpha value is -3.16. The van der Waals surface area contributed by atoms with Gasteiger partial charge in [-0.1, -0.05) is 60.2 Å². The van der Waals surface area contributed by atoms with Crippen molar-refractivity contribution in [2.75, 3.05) is 13.7 Å². The van der Waals surface area contributed by atoms with Gasteiger partial charge in [0.25, 0.3) is 0 Å². The van der Waals surface area contributed by atoms with Crippen LogP contribution in [0.1, 0.15) is 16.7 Å². The van der Waals surface area contributed by atoms with Gasteiger partial charge in [-0.3, -0.25) is 4.79 Å². The third-order valence-electron chi connectivity index (χ3n) is 4.83. The number of hydrogen-bond donors (Lipinski definition) is 1. The van der Waals surface area contributed by atoms with Gasteiger partial charge in [-0.25, -0.2) is 8.42 Å². The van der Waals surface area contributed by atoms with Crippen LogP contribution >= 0.6 is 0 Å². The fourth-order valence-corrected chi connectivity index (χ4v) is 4.42. The molecule has 0 bridgehead atoms. The lowest BCUT2D eigenvalue weighted by Gasteiger charge is -2.22. The predicted octanol–water partition coefficient (Wildman–Crippen LogP) is 3.51. The number of nitrogens with zero attached hydrogens (tertiary/aromatic N) is 1. The lowest BCUT2D eigenvalue weighted by molar-refractivity contribution is -0.121. The number of aryl methyl sites for hydroxylation is 1. The second-order valence-corrected chi connectivity index (χ2v) is 9.13. The Morgan fingerprint density at radius 1 is 0.903 bits per heavy atom. The molecule has 6 nitrogen and oxygen atoms in total. The Labute approximate surface area is 183 Å². The van der Waals surface area contributed by atoms with Crippen LogP contribution in [0.5, 0.6) is 5.75 Å². The van der Waals surface area contributed by atoms with Gasteiger partial charge < -0.3 is 10.1 Å². The van der Waals surface area contributed by atoms with E-state index in [-0.39, 0.29) is 23.9 Å². The zero-order valence-electron chi connectivity index (χ0n) is 17.6. The summed E-state index contributed by atoms with van der Waals surface area (Å²) in [5, 5.41) is 2.80. The predicted molar refractivity (Wildman–Crippen MR) is 120 cm³/mol. The molecule has 0 radical (unpaired) electrons. The maximum Gasteiger partial charge on any atom is 0.243 e. The number of ether oxygens (including phenoxy) is 1. The largest absolute Gasteiger partial charge is 0.497 e. The molecule has 31 heavy (non-hydrogen) atoms. The van der Waals surface area contributed by atoms with Gasteiger partial charge in [-0.2, -0.15) is 4.31 Å². The fraction of sp³-hybridized carbons (Fsp3) is 0.208. The zero-order valence-corrected chi connectivity index (χ0v) is 18.4. The molecule has 0 aliphatic rings. The molecule has 0 aromatic heterocycles. The van der Waals surface area contributed by atoms with Crippen molar-refractivity contribution >= 4 is 15.9 Å². The van der Waals surface area contributed by atoms with Gasteiger partial charge in [-0.15, -0.1) is 0 Å². The van der Waals surface area contributed by atoms with Crippen LogP contribution in [0.25, 0.3) is 0 Å². The number of carbonyl (C=O) groups is 1. The molecule has 3 aromatic rings. The van der Waals surface area contributed by atoms with Gasteiger partial charge in [0.1, 0.15) is 5.75 Å². The topological polar surface area (TPSA) is 75.7 Å². The van der Waals surface area contributed by atoms with E-state index < -0.39 is 10.0 Å². The summed E-state index contributed by atoms with van der Waals surface area (Å²) in [7, 11) is -2.26. The molecule has 1 amide bonds. The van der Waals surface area contributed by atoms with Gasteiger partial charge in [0.15, 0.2) is 0 Å². The second kappa shape index (κ2) is 10.2. The Bertz CT molecular complexity index is 1100. The SMILES string of the molecule is COc1ccc(CNC(=O)CN(Cc2ccccc2)S(=O)(=O)c2ccc(C)cc2)cc1. The van der Waals surface area contributed by atoms with Crippen molar-refractivity contribution < 1.29 is 17.9 Å². The normalized spacial score (nSPS) is 11.3. The number of carbonyl (C=O) groups excluding carboxylic acids is 1. The van der Waals surface area contributed by atoms with Crippen molar-refractivity contribution in [3.8, 4) is 5.75 Å². The third-order valence-corrected chi connectivity index (χ3v) is 6.64. The first-order valence-corrected chi connectivity index (χ1v) is 11.3. The molecule has 7 heteroatoms. The van der Waals surface area contributed by atoms with E-state index in [1.807, 2.05) is 61.5 Å². The summed E-state index contributed by atoms with van der Waals surface area (Å²) in [6.45, 7) is 2.02. The maximum atomic E-state index is 13.3. The van der Waals surface area contributed by atoms with E-state index in [1.165, 1.54) is 4.31 Å². The van der Waals surface area contributed by atoms with Crippen molar-refractivity contribution in [2.45, 2.75) is 24.9 Å². The highest BCUT2D eigenvalue weighted by molar-refractivity contribution is 7.89. The molecular formula is C24H26N2O4S. The first-order chi connectivity index (χ1) is 14.9. The minimum atomic E-state index is -3.85. The van der Waals surface area contributed by atoms with Crippen molar-refractivity contribution in [2.24, 2.45) is 0 Å². The molecular weight excluding hydrogens is 412 g/mol. The average molecular weight is 439 g/mol. The number of hydrogen-bond acceptors (Lipinski definition) is 4. The zero-order chi connectivity index (χ0) is 22.3. The lowest BCUT2D eigenvalue weighted by Crippen LogP contribution is -2.40. The Morgan fingerprint density at radius 2 is 1.55 bits per heavy atom. The van der Waals surface area contributed by atoms with Crippen LogP contribution in [0.2, 0.25) is 0 Å². The van der Waals surface area contributed by atoms with Crippen LogP contribution in [0.15, 0.2) is 83.8 Å². The van der Waals surface area contributed by atoms with E-state index in [2.05, 4.69) is 5.32 Å². The molecule has 1 N–H and O–H groups in total. The number of methoxy groups -OCH3 is 1. The summed E-state index contributed by atoms with van der Waals surface area (Å²) in [5.41, 5.74) is 2.66. The van der Waals surface area contributed by atoms with Crippen LogP contribution in [-0.2, 0) is 27.9 Å². The fourth-order valence-electron chi connectivity index (χ4n) is 3.03. The second-order valence-electron chi connectivity index (χ2n) is 7.20. The van der Waals surface area contributed by atoms with E-state index in [4.69, 9.17) is 4.74 Å². The van der Waals surface area contributed by atoms with Crippen LogP contribution in [-0.4, -0.2) is 32.3 Å². The summed E-state index contributed by atoms with van der Waals surface area (Å²) in [4.78, 5) is 12.8. The van der Waals surface area contributed by atoms with E-state index in [9.17, 15) is 13.2 Å². The quantitative estimate of drug-likeness (QED) is 0.555. The van der Waals surface area contributed by atoms with Crippen molar-refractivity contribution in [1.82, 2.24) is 9.62 Å². The molecule has 0 fully saturated rings. The highest BCUT2D eigenvalue weighted by Gasteiger charge is 2.26. The molecule has 3 aromatic carbocycles. The highest BCUT2D eigenvalue weighted by Crippen LogP contribution is 2.19. The van der Waals surface area contributed by atoms with Gasteiger partial charge in [0, 0.05) is 13.1 Å². The summed E-state index contributed by atoms with van der Waals surface area (Å²) in [6, 6.07) is 23.2. The van der Waals surface area contributed by atoms with Gasteiger partial charge in [0.2, 0.25) is 15.9 Å². The van der Waals surface area contributed by atoms with Gasteiger partial charge >= 0.3 is 0 Å². The molecule has 162 valence electrons. The van der Waals surface area contributed by atoms with Crippen molar-refractivity contribution in [3.05, 3.63) is 95.6 Å². The maximum absolute atomic E-state index is 13.3. The van der Waals surface area contributed by atoms with Crippen LogP contribution < -0.4 is 10.1 Å².